The topological polar surface area (TPSA) is 36.4 Å². The molecule has 0 fully saturated rings. The van der Waals surface area contributed by atoms with Gasteiger partial charge < -0.3 is 9.80 Å². The number of allylic oxidation sites excluding steroid dienone is 2. The largest absolute Gasteiger partial charge is 0.357 e. The van der Waals surface area contributed by atoms with Gasteiger partial charge in [0.15, 0.2) is 0 Å². The molecule has 0 radical (unpaired) electrons. The number of hydrogen-bond donors (Lipinski definition) is 0. The number of anilines is 2. The number of nitrogens with zero attached hydrogens (tertiary/aromatic N) is 3. The molecule has 1 aromatic heterocycles. The lowest BCUT2D eigenvalue weighted by atomic mass is 10.0. The lowest BCUT2D eigenvalue weighted by Gasteiger charge is -2.26. The highest BCUT2D eigenvalue weighted by Crippen LogP contribution is 2.23. The SMILES string of the molecule is CCCN(CCCCc1ccccc1)c1ccc(CN(C(=O)C2=CCCC=C2)c2ccc(C)cc2)cn1. The molecular weight excluding hydrogens is 454 g/mol. The lowest BCUT2D eigenvalue weighted by Crippen LogP contribution is -2.31. The van der Waals surface area contributed by atoms with Crippen molar-refractivity contribution in [3.63, 3.8) is 0 Å². The van der Waals surface area contributed by atoms with Crippen LogP contribution in [0.4, 0.5) is 11.5 Å². The van der Waals surface area contributed by atoms with Crippen molar-refractivity contribution in [2.75, 3.05) is 22.9 Å². The molecule has 3 aromatic rings. The summed E-state index contributed by atoms with van der Waals surface area (Å²) in [6, 6.07) is 23.1. The Morgan fingerprint density at radius 1 is 0.892 bits per heavy atom. The minimum Gasteiger partial charge on any atom is -0.357 e. The Morgan fingerprint density at radius 3 is 2.38 bits per heavy atom. The first kappa shape index (κ1) is 26.4. The van der Waals surface area contributed by atoms with Gasteiger partial charge in [0.05, 0.1) is 6.54 Å². The molecule has 192 valence electrons. The number of unbranched alkanes of at least 4 members (excludes halogenated alkanes) is 1. The Hall–Kier alpha value is -3.66. The molecule has 0 atom stereocenters. The second-order valence-corrected chi connectivity index (χ2v) is 9.82. The van der Waals surface area contributed by atoms with E-state index in [1.54, 1.807) is 0 Å². The summed E-state index contributed by atoms with van der Waals surface area (Å²) in [4.78, 5) is 22.6. The summed E-state index contributed by atoms with van der Waals surface area (Å²) < 4.78 is 0. The number of aromatic nitrogens is 1. The zero-order valence-electron chi connectivity index (χ0n) is 22.3. The van der Waals surface area contributed by atoms with Gasteiger partial charge in [-0.2, -0.15) is 0 Å². The Bertz CT molecular complexity index is 1180. The van der Waals surface area contributed by atoms with Gasteiger partial charge in [-0.15, -0.1) is 0 Å². The summed E-state index contributed by atoms with van der Waals surface area (Å²) >= 11 is 0. The van der Waals surface area contributed by atoms with Crippen LogP contribution in [0, 0.1) is 6.92 Å². The molecule has 1 aliphatic rings. The molecule has 0 N–H and O–H groups in total. The van der Waals surface area contributed by atoms with E-state index in [0.29, 0.717) is 6.54 Å². The van der Waals surface area contributed by atoms with E-state index >= 15 is 0 Å². The van der Waals surface area contributed by atoms with Crippen LogP contribution in [0.3, 0.4) is 0 Å². The van der Waals surface area contributed by atoms with Crippen LogP contribution in [0.2, 0.25) is 0 Å². The van der Waals surface area contributed by atoms with Crippen LogP contribution in [-0.4, -0.2) is 24.0 Å². The van der Waals surface area contributed by atoms with Crippen molar-refractivity contribution in [3.8, 4) is 0 Å². The third kappa shape index (κ3) is 7.66. The van der Waals surface area contributed by atoms with Gasteiger partial charge in [-0.1, -0.05) is 79.2 Å². The van der Waals surface area contributed by atoms with Crippen LogP contribution >= 0.6 is 0 Å². The molecule has 37 heavy (non-hydrogen) atoms. The summed E-state index contributed by atoms with van der Waals surface area (Å²) in [5.41, 5.74) is 5.28. The van der Waals surface area contributed by atoms with E-state index in [0.717, 1.165) is 67.8 Å². The molecule has 4 heteroatoms. The molecule has 0 unspecified atom stereocenters. The van der Waals surface area contributed by atoms with Gasteiger partial charge in [-0.3, -0.25) is 4.79 Å². The van der Waals surface area contributed by atoms with Crippen molar-refractivity contribution in [2.24, 2.45) is 0 Å². The van der Waals surface area contributed by atoms with Crippen LogP contribution in [-0.2, 0) is 17.8 Å². The normalized spacial score (nSPS) is 12.8. The number of carbonyl (C=O) groups is 1. The Kier molecular flexibility index (Phi) is 9.70. The maximum Gasteiger partial charge on any atom is 0.258 e. The van der Waals surface area contributed by atoms with Crippen molar-refractivity contribution in [3.05, 3.63) is 113 Å². The molecule has 0 bridgehead atoms. The van der Waals surface area contributed by atoms with E-state index in [2.05, 4.69) is 79.4 Å². The highest BCUT2D eigenvalue weighted by atomic mass is 16.2. The Morgan fingerprint density at radius 2 is 1.70 bits per heavy atom. The quantitative estimate of drug-likeness (QED) is 0.246. The zero-order valence-corrected chi connectivity index (χ0v) is 22.3. The van der Waals surface area contributed by atoms with Gasteiger partial charge in [0.1, 0.15) is 5.82 Å². The van der Waals surface area contributed by atoms with Crippen molar-refractivity contribution in [1.82, 2.24) is 4.98 Å². The number of pyridine rings is 1. The van der Waals surface area contributed by atoms with E-state index in [1.165, 1.54) is 17.5 Å². The molecule has 0 saturated heterocycles. The maximum absolute atomic E-state index is 13.5. The lowest BCUT2D eigenvalue weighted by molar-refractivity contribution is -0.115. The molecule has 1 heterocycles. The van der Waals surface area contributed by atoms with E-state index in [1.807, 2.05) is 35.4 Å². The summed E-state index contributed by atoms with van der Waals surface area (Å²) in [5.74, 6) is 1.05. The summed E-state index contributed by atoms with van der Waals surface area (Å²) in [5, 5.41) is 0. The van der Waals surface area contributed by atoms with Gasteiger partial charge in [0.25, 0.3) is 5.91 Å². The molecule has 1 aliphatic carbocycles. The highest BCUT2D eigenvalue weighted by Gasteiger charge is 2.20. The van der Waals surface area contributed by atoms with E-state index in [-0.39, 0.29) is 5.91 Å². The highest BCUT2D eigenvalue weighted by molar-refractivity contribution is 6.07. The van der Waals surface area contributed by atoms with Gasteiger partial charge in [0, 0.05) is 30.5 Å². The second-order valence-electron chi connectivity index (χ2n) is 9.82. The third-order valence-corrected chi connectivity index (χ3v) is 6.79. The summed E-state index contributed by atoms with van der Waals surface area (Å²) in [7, 11) is 0. The summed E-state index contributed by atoms with van der Waals surface area (Å²) in [6.07, 6.45) is 14.4. The molecule has 0 spiro atoms. The van der Waals surface area contributed by atoms with Crippen molar-refractivity contribution in [2.45, 2.75) is 58.9 Å². The fourth-order valence-electron chi connectivity index (χ4n) is 4.70. The Balaban J connectivity index is 1.43. The van der Waals surface area contributed by atoms with Crippen LogP contribution in [0.1, 0.15) is 55.7 Å². The number of rotatable bonds is 12. The number of amides is 1. The second kappa shape index (κ2) is 13.6. The van der Waals surface area contributed by atoms with Gasteiger partial charge in [-0.25, -0.2) is 4.98 Å². The number of hydrogen-bond acceptors (Lipinski definition) is 3. The van der Waals surface area contributed by atoms with Gasteiger partial charge >= 0.3 is 0 Å². The minimum absolute atomic E-state index is 0.0369. The maximum atomic E-state index is 13.5. The van der Waals surface area contributed by atoms with Gasteiger partial charge in [0.2, 0.25) is 0 Å². The van der Waals surface area contributed by atoms with Crippen LogP contribution in [0.5, 0.6) is 0 Å². The fraction of sp³-hybridized carbons (Fsp3) is 0.333. The van der Waals surface area contributed by atoms with Crippen molar-refractivity contribution >= 4 is 17.4 Å². The van der Waals surface area contributed by atoms with Gasteiger partial charge in [-0.05, 0) is 74.8 Å². The number of carbonyl (C=O) groups excluding carboxylic acids is 1. The van der Waals surface area contributed by atoms with E-state index < -0.39 is 0 Å². The first-order valence-corrected chi connectivity index (χ1v) is 13.6. The van der Waals surface area contributed by atoms with Crippen LogP contribution in [0.15, 0.2) is 96.7 Å². The molecule has 0 aliphatic heterocycles. The zero-order chi connectivity index (χ0) is 25.9. The average molecular weight is 494 g/mol. The van der Waals surface area contributed by atoms with E-state index in [4.69, 9.17) is 4.98 Å². The number of benzene rings is 2. The predicted molar refractivity (Wildman–Crippen MR) is 155 cm³/mol. The molecule has 4 rings (SSSR count). The minimum atomic E-state index is 0.0369. The van der Waals surface area contributed by atoms with Crippen molar-refractivity contribution < 1.29 is 4.79 Å². The average Bonchev–Trinajstić information content (AvgIpc) is 2.95. The fourth-order valence-corrected chi connectivity index (χ4v) is 4.70. The van der Waals surface area contributed by atoms with Crippen LogP contribution in [0.25, 0.3) is 0 Å². The Labute approximate surface area is 222 Å². The predicted octanol–water partition coefficient (Wildman–Crippen LogP) is 7.44. The smallest absolute Gasteiger partial charge is 0.258 e. The molecule has 2 aromatic carbocycles. The number of aryl methyl sites for hydroxylation is 2. The molecule has 0 saturated carbocycles. The third-order valence-electron chi connectivity index (χ3n) is 6.79. The first-order valence-electron chi connectivity index (χ1n) is 13.6. The van der Waals surface area contributed by atoms with E-state index in [9.17, 15) is 4.79 Å². The molecular formula is C33H39N3O. The summed E-state index contributed by atoms with van der Waals surface area (Å²) in [6.45, 7) is 6.76. The van der Waals surface area contributed by atoms with Crippen molar-refractivity contribution in [1.29, 1.82) is 0 Å². The van der Waals surface area contributed by atoms with Crippen LogP contribution < -0.4 is 9.80 Å². The first-order chi connectivity index (χ1) is 18.1. The monoisotopic (exact) mass is 493 g/mol. The molecule has 4 nitrogen and oxygen atoms in total. The molecule has 1 amide bonds. The standard InChI is InChI=1S/C33H39N3O/c1-3-23-35(24-11-10-14-28-12-6-4-7-13-28)32-22-19-29(25-34-32)26-36(31-20-17-27(2)18-21-31)33(37)30-15-8-5-9-16-30/h4,6-8,12-13,15-22,25H,3,5,9-11,14,23-24,26H2,1-2H3.